The molecule has 0 radical (unpaired) electrons. The predicted molar refractivity (Wildman–Crippen MR) is 115 cm³/mol. The van der Waals surface area contributed by atoms with E-state index in [4.69, 9.17) is 4.74 Å². The molecule has 2 atom stereocenters. The lowest BCUT2D eigenvalue weighted by atomic mass is 10.0. The highest BCUT2D eigenvalue weighted by molar-refractivity contribution is 7.98. The summed E-state index contributed by atoms with van der Waals surface area (Å²) >= 11 is 1.64. The van der Waals surface area contributed by atoms with E-state index in [1.54, 1.807) is 36.0 Å². The summed E-state index contributed by atoms with van der Waals surface area (Å²) < 4.78 is 5.25. The molecule has 28 heavy (non-hydrogen) atoms. The number of rotatable bonds is 10. The van der Waals surface area contributed by atoms with E-state index in [0.717, 1.165) is 5.75 Å². The Balaban J connectivity index is 2.01. The van der Waals surface area contributed by atoms with Crippen molar-refractivity contribution >= 4 is 23.6 Å². The van der Waals surface area contributed by atoms with Crippen molar-refractivity contribution in [2.75, 3.05) is 25.7 Å². The Morgan fingerprint density at radius 1 is 1.07 bits per heavy atom. The lowest BCUT2D eigenvalue weighted by Crippen LogP contribution is -2.47. The first-order valence-electron chi connectivity index (χ1n) is 9.32. The Morgan fingerprint density at radius 3 is 2.43 bits per heavy atom. The number of hydrogen-bond acceptors (Lipinski definition) is 4. The fourth-order valence-corrected chi connectivity index (χ4v) is 3.32. The maximum absolute atomic E-state index is 12.7. The number of amides is 2. The molecule has 2 N–H and O–H groups in total. The van der Waals surface area contributed by atoms with Gasteiger partial charge in [-0.1, -0.05) is 49.4 Å². The van der Waals surface area contributed by atoms with Gasteiger partial charge in [0, 0.05) is 6.54 Å². The van der Waals surface area contributed by atoms with Gasteiger partial charge in [0.25, 0.3) is 5.91 Å². The van der Waals surface area contributed by atoms with Crippen LogP contribution in [-0.2, 0) is 4.79 Å². The molecule has 2 aromatic rings. The largest absolute Gasteiger partial charge is 0.496 e. The second-order valence-corrected chi connectivity index (χ2v) is 7.55. The van der Waals surface area contributed by atoms with Crippen LogP contribution in [0.1, 0.15) is 35.2 Å². The van der Waals surface area contributed by atoms with Gasteiger partial charge in [-0.2, -0.15) is 11.8 Å². The van der Waals surface area contributed by atoms with Crippen molar-refractivity contribution in [3.63, 3.8) is 0 Å². The zero-order chi connectivity index (χ0) is 20.4. The summed E-state index contributed by atoms with van der Waals surface area (Å²) in [6.45, 7) is 2.59. The lowest BCUT2D eigenvalue weighted by Gasteiger charge is -2.20. The molecule has 2 unspecified atom stereocenters. The zero-order valence-electron chi connectivity index (χ0n) is 16.6. The second-order valence-electron chi connectivity index (χ2n) is 6.56. The summed E-state index contributed by atoms with van der Waals surface area (Å²) in [6, 6.07) is 16.5. The molecule has 0 aliphatic heterocycles. The number of thioether (sulfide) groups is 1. The number of ether oxygens (including phenoxy) is 1. The predicted octanol–water partition coefficient (Wildman–Crippen LogP) is 3.47. The van der Waals surface area contributed by atoms with Crippen LogP contribution in [0.15, 0.2) is 54.6 Å². The van der Waals surface area contributed by atoms with Gasteiger partial charge in [-0.15, -0.1) is 0 Å². The molecule has 150 valence electrons. The minimum Gasteiger partial charge on any atom is -0.496 e. The number of methoxy groups -OCH3 is 1. The van der Waals surface area contributed by atoms with E-state index in [-0.39, 0.29) is 17.7 Å². The Hall–Kier alpha value is -2.47. The highest BCUT2D eigenvalue weighted by atomic mass is 32.2. The monoisotopic (exact) mass is 400 g/mol. The minimum absolute atomic E-state index is 0.167. The van der Waals surface area contributed by atoms with Gasteiger partial charge in [-0.25, -0.2) is 0 Å². The van der Waals surface area contributed by atoms with Crippen LogP contribution in [0, 0.1) is 0 Å². The fourth-order valence-electron chi connectivity index (χ4n) is 2.85. The van der Waals surface area contributed by atoms with Gasteiger partial charge >= 0.3 is 0 Å². The Kier molecular flexibility index (Phi) is 8.88. The molecule has 5 nitrogen and oxygen atoms in total. The van der Waals surface area contributed by atoms with Crippen molar-refractivity contribution in [3.8, 4) is 5.75 Å². The molecule has 0 fully saturated rings. The van der Waals surface area contributed by atoms with E-state index < -0.39 is 6.04 Å². The van der Waals surface area contributed by atoms with E-state index in [0.29, 0.717) is 24.3 Å². The molecule has 0 saturated heterocycles. The fraction of sp³-hybridized carbons (Fsp3) is 0.364. The zero-order valence-corrected chi connectivity index (χ0v) is 17.4. The van der Waals surface area contributed by atoms with Crippen molar-refractivity contribution in [1.82, 2.24) is 10.6 Å². The molecule has 0 saturated carbocycles. The first-order valence-corrected chi connectivity index (χ1v) is 10.7. The van der Waals surface area contributed by atoms with Crippen LogP contribution in [0.5, 0.6) is 5.75 Å². The molecule has 2 amide bonds. The third kappa shape index (κ3) is 6.30. The van der Waals surface area contributed by atoms with Crippen LogP contribution < -0.4 is 15.4 Å². The summed E-state index contributed by atoms with van der Waals surface area (Å²) in [7, 11) is 1.52. The SMILES string of the molecule is COc1ccccc1C(=O)NC(CCSC)C(=O)NCC(C)c1ccccc1. The molecule has 0 aliphatic carbocycles. The standard InChI is InChI=1S/C22H28N2O3S/c1-16(17-9-5-4-6-10-17)15-23-22(26)19(13-14-28-3)24-21(25)18-11-7-8-12-20(18)27-2/h4-12,16,19H,13-15H2,1-3H3,(H,23,26)(H,24,25). The van der Waals surface area contributed by atoms with E-state index in [2.05, 4.69) is 17.6 Å². The summed E-state index contributed by atoms with van der Waals surface area (Å²) in [5, 5.41) is 5.84. The number of benzene rings is 2. The van der Waals surface area contributed by atoms with Crippen LogP contribution in [-0.4, -0.2) is 43.5 Å². The van der Waals surface area contributed by atoms with Crippen molar-refractivity contribution in [1.29, 1.82) is 0 Å². The number of nitrogens with one attached hydrogen (secondary N) is 2. The van der Waals surface area contributed by atoms with Crippen LogP contribution in [0.3, 0.4) is 0 Å². The highest BCUT2D eigenvalue weighted by Crippen LogP contribution is 2.18. The maximum Gasteiger partial charge on any atom is 0.255 e. The van der Waals surface area contributed by atoms with E-state index in [1.165, 1.54) is 12.7 Å². The van der Waals surface area contributed by atoms with Crippen LogP contribution in [0.2, 0.25) is 0 Å². The van der Waals surface area contributed by atoms with Gasteiger partial charge in [-0.05, 0) is 42.0 Å². The number of hydrogen-bond donors (Lipinski definition) is 2. The van der Waals surface area contributed by atoms with E-state index in [1.807, 2.05) is 36.6 Å². The molecule has 0 spiro atoms. The Morgan fingerprint density at radius 2 is 1.75 bits per heavy atom. The Bertz CT molecular complexity index is 767. The number of para-hydroxylation sites is 1. The highest BCUT2D eigenvalue weighted by Gasteiger charge is 2.23. The summed E-state index contributed by atoms with van der Waals surface area (Å²) in [4.78, 5) is 25.4. The van der Waals surface area contributed by atoms with Crippen LogP contribution in [0.4, 0.5) is 0 Å². The van der Waals surface area contributed by atoms with E-state index in [9.17, 15) is 9.59 Å². The molecular formula is C22H28N2O3S. The second kappa shape index (κ2) is 11.4. The maximum atomic E-state index is 12.7. The van der Waals surface area contributed by atoms with Crippen molar-refractivity contribution in [2.24, 2.45) is 0 Å². The molecule has 6 heteroatoms. The van der Waals surface area contributed by atoms with Crippen molar-refractivity contribution in [3.05, 3.63) is 65.7 Å². The average molecular weight is 401 g/mol. The molecule has 0 bridgehead atoms. The van der Waals surface area contributed by atoms with Gasteiger partial charge in [-0.3, -0.25) is 9.59 Å². The molecule has 0 aromatic heterocycles. The molecule has 2 rings (SSSR count). The minimum atomic E-state index is -0.590. The summed E-state index contributed by atoms with van der Waals surface area (Å²) in [6.07, 6.45) is 2.54. The lowest BCUT2D eigenvalue weighted by molar-refractivity contribution is -0.123. The van der Waals surface area contributed by atoms with Gasteiger partial charge in [0.1, 0.15) is 11.8 Å². The summed E-state index contributed by atoms with van der Waals surface area (Å²) in [5.41, 5.74) is 1.59. The van der Waals surface area contributed by atoms with E-state index >= 15 is 0 Å². The topological polar surface area (TPSA) is 67.4 Å². The van der Waals surface area contributed by atoms with Gasteiger partial charge in [0.2, 0.25) is 5.91 Å². The quantitative estimate of drug-likeness (QED) is 0.641. The smallest absolute Gasteiger partial charge is 0.255 e. The van der Waals surface area contributed by atoms with Crippen LogP contribution in [0.25, 0.3) is 0 Å². The normalized spacial score (nSPS) is 12.7. The third-order valence-electron chi connectivity index (χ3n) is 4.54. The van der Waals surface area contributed by atoms with Gasteiger partial charge in [0.15, 0.2) is 0 Å². The number of carbonyl (C=O) groups excluding carboxylic acids is 2. The first kappa shape index (κ1) is 21.8. The third-order valence-corrected chi connectivity index (χ3v) is 5.18. The van der Waals surface area contributed by atoms with Crippen molar-refractivity contribution < 1.29 is 14.3 Å². The van der Waals surface area contributed by atoms with Crippen LogP contribution >= 0.6 is 11.8 Å². The first-order chi connectivity index (χ1) is 13.6. The molecule has 0 heterocycles. The molecule has 2 aromatic carbocycles. The number of carbonyl (C=O) groups is 2. The molecule has 0 aliphatic rings. The van der Waals surface area contributed by atoms with Gasteiger partial charge in [0.05, 0.1) is 12.7 Å². The average Bonchev–Trinajstić information content (AvgIpc) is 2.75. The van der Waals surface area contributed by atoms with Crippen molar-refractivity contribution in [2.45, 2.75) is 25.3 Å². The van der Waals surface area contributed by atoms with Gasteiger partial charge < -0.3 is 15.4 Å². The molecular weight excluding hydrogens is 372 g/mol. The Labute approximate surface area is 171 Å². The summed E-state index contributed by atoms with van der Waals surface area (Å²) in [5.74, 6) is 0.978.